The first kappa shape index (κ1) is 30.2. The third-order valence-corrected chi connectivity index (χ3v) is 8.50. The van der Waals surface area contributed by atoms with Crippen LogP contribution in [0.2, 0.25) is 5.02 Å². The zero-order chi connectivity index (χ0) is 28.4. The number of rotatable bonds is 13. The summed E-state index contributed by atoms with van der Waals surface area (Å²) in [5.41, 5.74) is 2.14. The number of nitrogens with zero attached hydrogens (tertiary/aromatic N) is 2. The maximum Gasteiger partial charge on any atom is 0.264 e. The molecule has 0 saturated carbocycles. The van der Waals surface area contributed by atoms with Crippen LogP contribution in [0.15, 0.2) is 83.8 Å². The lowest BCUT2D eigenvalue weighted by molar-refractivity contribution is -0.139. The molecule has 7 nitrogen and oxygen atoms in total. The van der Waals surface area contributed by atoms with E-state index in [9.17, 15) is 18.0 Å². The average molecular weight is 570 g/mol. The Labute approximate surface area is 236 Å². The molecule has 0 radical (unpaired) electrons. The van der Waals surface area contributed by atoms with Crippen LogP contribution < -0.4 is 9.62 Å². The van der Waals surface area contributed by atoms with Crippen LogP contribution in [0.4, 0.5) is 5.69 Å². The first-order valence-electron chi connectivity index (χ1n) is 13.2. The molecule has 2 amide bonds. The molecule has 0 spiro atoms. The first-order chi connectivity index (χ1) is 18.7. The molecule has 208 valence electrons. The van der Waals surface area contributed by atoms with Crippen molar-refractivity contribution in [3.8, 4) is 0 Å². The zero-order valence-electron chi connectivity index (χ0n) is 22.6. The smallest absolute Gasteiger partial charge is 0.264 e. The summed E-state index contributed by atoms with van der Waals surface area (Å²) >= 11 is 6.18. The molecule has 9 heteroatoms. The number of unbranched alkanes of at least 4 members (excludes halogenated alkanes) is 1. The first-order valence-corrected chi connectivity index (χ1v) is 15.0. The molecule has 0 aliphatic rings. The molecule has 3 aromatic carbocycles. The maximum absolute atomic E-state index is 13.9. The number of hydrogen-bond acceptors (Lipinski definition) is 4. The van der Waals surface area contributed by atoms with Crippen molar-refractivity contribution in [1.29, 1.82) is 0 Å². The quantitative estimate of drug-likeness (QED) is 0.278. The van der Waals surface area contributed by atoms with E-state index in [1.54, 1.807) is 55.5 Å². The summed E-state index contributed by atoms with van der Waals surface area (Å²) in [6, 6.07) is 21.3. The van der Waals surface area contributed by atoms with Crippen LogP contribution in [-0.2, 0) is 32.6 Å². The van der Waals surface area contributed by atoms with Gasteiger partial charge in [0.2, 0.25) is 11.8 Å². The molecule has 0 fully saturated rings. The molecule has 1 atom stereocenters. The van der Waals surface area contributed by atoms with Crippen LogP contribution in [0.25, 0.3) is 0 Å². The summed E-state index contributed by atoms with van der Waals surface area (Å²) in [5, 5.41) is 3.38. The van der Waals surface area contributed by atoms with E-state index >= 15 is 0 Å². The summed E-state index contributed by atoms with van der Waals surface area (Å²) in [4.78, 5) is 28.4. The number of carbonyl (C=O) groups excluding carboxylic acids is 2. The van der Waals surface area contributed by atoms with Crippen molar-refractivity contribution in [2.75, 3.05) is 17.4 Å². The van der Waals surface area contributed by atoms with Gasteiger partial charge in [0.15, 0.2) is 0 Å². The monoisotopic (exact) mass is 569 g/mol. The predicted molar refractivity (Wildman–Crippen MR) is 156 cm³/mol. The van der Waals surface area contributed by atoms with Crippen molar-refractivity contribution >= 4 is 39.1 Å². The molecule has 0 heterocycles. The Balaban J connectivity index is 1.99. The fraction of sp³-hybridized carbons (Fsp3) is 0.333. The normalized spacial score (nSPS) is 12.0. The van der Waals surface area contributed by atoms with E-state index in [1.807, 2.05) is 32.0 Å². The zero-order valence-corrected chi connectivity index (χ0v) is 24.2. The number of carbonyl (C=O) groups is 2. The van der Waals surface area contributed by atoms with Crippen molar-refractivity contribution in [2.45, 2.75) is 57.5 Å². The SMILES string of the molecule is CCCCNC(=O)[C@H](C)N(Cc1cccc(Cl)c1)C(=O)CN(c1ccc(CC)cc1)S(=O)(=O)c1ccccc1. The van der Waals surface area contributed by atoms with Crippen molar-refractivity contribution in [3.63, 3.8) is 0 Å². The van der Waals surface area contributed by atoms with Gasteiger partial charge in [0.05, 0.1) is 10.6 Å². The van der Waals surface area contributed by atoms with Crippen LogP contribution in [0.1, 0.15) is 44.7 Å². The lowest BCUT2D eigenvalue weighted by Gasteiger charge is -2.32. The van der Waals surface area contributed by atoms with Gasteiger partial charge in [-0.2, -0.15) is 0 Å². The highest BCUT2D eigenvalue weighted by Crippen LogP contribution is 2.25. The van der Waals surface area contributed by atoms with Crippen LogP contribution in [-0.4, -0.2) is 44.3 Å². The lowest BCUT2D eigenvalue weighted by Crippen LogP contribution is -2.51. The molecule has 0 aliphatic heterocycles. The molecule has 3 rings (SSSR count). The molecular formula is C30H36ClN3O4S. The van der Waals surface area contributed by atoms with Crippen molar-refractivity contribution < 1.29 is 18.0 Å². The summed E-state index contributed by atoms with van der Waals surface area (Å²) < 4.78 is 28.7. The second kappa shape index (κ2) is 14.1. The minimum atomic E-state index is -4.08. The number of aryl methyl sites for hydroxylation is 1. The summed E-state index contributed by atoms with van der Waals surface area (Å²) in [6.07, 6.45) is 2.53. The van der Waals surface area contributed by atoms with Crippen molar-refractivity contribution in [2.24, 2.45) is 0 Å². The number of amides is 2. The van der Waals surface area contributed by atoms with Gasteiger partial charge < -0.3 is 10.2 Å². The molecule has 0 aliphatic carbocycles. The average Bonchev–Trinajstić information content (AvgIpc) is 2.94. The highest BCUT2D eigenvalue weighted by molar-refractivity contribution is 7.92. The fourth-order valence-corrected chi connectivity index (χ4v) is 5.75. The third kappa shape index (κ3) is 8.07. The van der Waals surface area contributed by atoms with Gasteiger partial charge in [-0.25, -0.2) is 8.42 Å². The van der Waals surface area contributed by atoms with Gasteiger partial charge in [0.1, 0.15) is 12.6 Å². The Morgan fingerprint density at radius 1 is 0.923 bits per heavy atom. The Kier molecular flexibility index (Phi) is 10.9. The molecule has 0 aromatic heterocycles. The maximum atomic E-state index is 13.9. The second-order valence-electron chi connectivity index (χ2n) is 9.32. The number of nitrogens with one attached hydrogen (secondary N) is 1. The minimum Gasteiger partial charge on any atom is -0.354 e. The van der Waals surface area contributed by atoms with E-state index in [0.717, 1.165) is 34.7 Å². The molecule has 3 aromatic rings. The summed E-state index contributed by atoms with van der Waals surface area (Å²) in [7, 11) is -4.08. The highest BCUT2D eigenvalue weighted by atomic mass is 35.5. The van der Waals surface area contributed by atoms with Gasteiger partial charge >= 0.3 is 0 Å². The fourth-order valence-electron chi connectivity index (χ4n) is 4.10. The summed E-state index contributed by atoms with van der Waals surface area (Å²) in [6.45, 7) is 5.80. The number of anilines is 1. The Morgan fingerprint density at radius 3 is 2.23 bits per heavy atom. The Morgan fingerprint density at radius 2 is 1.62 bits per heavy atom. The van der Waals surface area contributed by atoms with Crippen LogP contribution >= 0.6 is 11.6 Å². The van der Waals surface area contributed by atoms with E-state index in [2.05, 4.69) is 5.32 Å². The summed E-state index contributed by atoms with van der Waals surface area (Å²) in [5.74, 6) is -0.809. The Bertz CT molecular complexity index is 1350. The molecule has 39 heavy (non-hydrogen) atoms. The van der Waals surface area contributed by atoms with Crippen LogP contribution in [0.3, 0.4) is 0 Å². The second-order valence-corrected chi connectivity index (χ2v) is 11.6. The van der Waals surface area contributed by atoms with Gasteiger partial charge in [-0.15, -0.1) is 0 Å². The molecular weight excluding hydrogens is 534 g/mol. The van der Waals surface area contributed by atoms with Gasteiger partial charge in [0.25, 0.3) is 10.0 Å². The number of halogens is 1. The molecule has 0 saturated heterocycles. The molecule has 1 N–H and O–H groups in total. The van der Waals surface area contributed by atoms with Gasteiger partial charge in [0, 0.05) is 18.1 Å². The molecule has 0 unspecified atom stereocenters. The van der Waals surface area contributed by atoms with E-state index < -0.39 is 28.5 Å². The lowest BCUT2D eigenvalue weighted by atomic mass is 10.1. The van der Waals surface area contributed by atoms with Crippen molar-refractivity contribution in [1.82, 2.24) is 10.2 Å². The number of hydrogen-bond donors (Lipinski definition) is 1. The topological polar surface area (TPSA) is 86.8 Å². The van der Waals surface area contributed by atoms with E-state index in [1.165, 1.54) is 17.0 Å². The highest BCUT2D eigenvalue weighted by Gasteiger charge is 2.32. The minimum absolute atomic E-state index is 0.0733. The molecule has 0 bridgehead atoms. The number of sulfonamides is 1. The van der Waals surface area contributed by atoms with Crippen molar-refractivity contribution in [3.05, 3.63) is 95.0 Å². The standard InChI is InChI=1S/C30H36ClN3O4S/c1-4-6-19-32-30(36)23(3)33(21-25-11-10-12-26(31)20-25)29(35)22-34(27-17-15-24(5-2)16-18-27)39(37,38)28-13-8-7-9-14-28/h7-18,20,23H,4-6,19,21-22H2,1-3H3,(H,32,36)/t23-/m0/s1. The van der Waals surface area contributed by atoms with Gasteiger partial charge in [-0.1, -0.05) is 74.3 Å². The number of benzene rings is 3. The van der Waals surface area contributed by atoms with E-state index in [4.69, 9.17) is 11.6 Å². The predicted octanol–water partition coefficient (Wildman–Crippen LogP) is 5.43. The van der Waals surface area contributed by atoms with Crippen LogP contribution in [0.5, 0.6) is 0 Å². The van der Waals surface area contributed by atoms with Gasteiger partial charge in [-0.05, 0) is 67.3 Å². The van der Waals surface area contributed by atoms with Gasteiger partial charge in [-0.3, -0.25) is 13.9 Å². The third-order valence-electron chi connectivity index (χ3n) is 6.48. The van der Waals surface area contributed by atoms with Crippen LogP contribution in [0, 0.1) is 0 Å². The Hall–Kier alpha value is -3.36. The van der Waals surface area contributed by atoms with E-state index in [-0.39, 0.29) is 17.3 Å². The van der Waals surface area contributed by atoms with E-state index in [0.29, 0.717) is 17.3 Å². The largest absolute Gasteiger partial charge is 0.354 e.